The summed E-state index contributed by atoms with van der Waals surface area (Å²) in [7, 11) is 1.44. The number of hydrogen-bond acceptors (Lipinski definition) is 6. The fourth-order valence-corrected chi connectivity index (χ4v) is 3.86. The van der Waals surface area contributed by atoms with Crippen molar-refractivity contribution >= 4 is 39.8 Å². The fourth-order valence-electron chi connectivity index (χ4n) is 3.69. The van der Waals surface area contributed by atoms with Crippen molar-refractivity contribution in [3.05, 3.63) is 47.2 Å². The van der Waals surface area contributed by atoms with Crippen LogP contribution < -0.4 is 5.32 Å². The Morgan fingerprint density at radius 3 is 3.03 bits per heavy atom. The molecule has 0 aliphatic carbocycles. The van der Waals surface area contributed by atoms with Gasteiger partial charge in [-0.3, -0.25) is 4.98 Å². The zero-order chi connectivity index (χ0) is 21.3. The minimum Gasteiger partial charge on any atom is -0.494 e. The Balaban J connectivity index is 1.90. The summed E-state index contributed by atoms with van der Waals surface area (Å²) >= 11 is 6.19. The van der Waals surface area contributed by atoms with Crippen LogP contribution in [0.5, 0.6) is 0 Å². The number of aromatic nitrogens is 3. The molecule has 3 aromatic rings. The number of pyridine rings is 1. The molecule has 10 heteroatoms. The van der Waals surface area contributed by atoms with Crippen molar-refractivity contribution in [1.29, 1.82) is 5.41 Å². The molecule has 4 rings (SSSR count). The predicted molar refractivity (Wildman–Crippen MR) is 110 cm³/mol. The molecule has 0 spiro atoms. The normalized spacial score (nSPS) is 19.2. The van der Waals surface area contributed by atoms with Gasteiger partial charge in [-0.25, -0.2) is 13.8 Å². The Labute approximate surface area is 176 Å². The highest BCUT2D eigenvalue weighted by atomic mass is 35.5. The summed E-state index contributed by atoms with van der Waals surface area (Å²) in [5.74, 6) is -2.34. The molecule has 7 nitrogen and oxygen atoms in total. The van der Waals surface area contributed by atoms with Crippen LogP contribution in [0.2, 0.25) is 5.02 Å². The summed E-state index contributed by atoms with van der Waals surface area (Å²) in [5.41, 5.74) is 1.72. The van der Waals surface area contributed by atoms with E-state index in [-0.39, 0.29) is 19.6 Å². The molecule has 1 aliphatic heterocycles. The lowest BCUT2D eigenvalue weighted by Crippen LogP contribution is -2.41. The maximum Gasteiger partial charge on any atom is 0.291 e. The van der Waals surface area contributed by atoms with Gasteiger partial charge in [0.15, 0.2) is 5.76 Å². The number of ether oxygens (including phenoxy) is 2. The summed E-state index contributed by atoms with van der Waals surface area (Å²) in [6.45, 7) is -0.252. The summed E-state index contributed by atoms with van der Waals surface area (Å²) in [5, 5.41) is 11.4. The second-order valence-electron chi connectivity index (χ2n) is 6.95. The number of methoxy groups -OCH3 is 1. The van der Waals surface area contributed by atoms with E-state index in [1.807, 2.05) is 0 Å². The van der Waals surface area contributed by atoms with Crippen LogP contribution in [0.4, 0.5) is 8.78 Å². The number of rotatable bonds is 6. The van der Waals surface area contributed by atoms with Crippen molar-refractivity contribution in [2.24, 2.45) is 0 Å². The van der Waals surface area contributed by atoms with Crippen molar-refractivity contribution in [2.75, 3.05) is 20.3 Å². The third kappa shape index (κ3) is 3.70. The smallest absolute Gasteiger partial charge is 0.291 e. The summed E-state index contributed by atoms with van der Waals surface area (Å²) < 4.78 is 41.4. The Morgan fingerprint density at radius 2 is 2.30 bits per heavy atom. The largest absolute Gasteiger partial charge is 0.494 e. The van der Waals surface area contributed by atoms with Crippen molar-refractivity contribution in [3.8, 4) is 0 Å². The van der Waals surface area contributed by atoms with Crippen LogP contribution in [0.3, 0.4) is 0 Å². The predicted octanol–water partition coefficient (Wildman–Crippen LogP) is 4.06. The zero-order valence-corrected chi connectivity index (χ0v) is 16.9. The number of benzene rings is 1. The minimum absolute atomic E-state index is 0.148. The van der Waals surface area contributed by atoms with E-state index in [1.165, 1.54) is 13.3 Å². The van der Waals surface area contributed by atoms with Gasteiger partial charge in [-0.2, -0.15) is 0 Å². The molecule has 0 amide bonds. The first-order valence-corrected chi connectivity index (χ1v) is 9.71. The lowest BCUT2D eigenvalue weighted by molar-refractivity contribution is -0.147. The van der Waals surface area contributed by atoms with Gasteiger partial charge in [0.25, 0.3) is 5.92 Å². The molecule has 1 aromatic carbocycles. The van der Waals surface area contributed by atoms with Crippen LogP contribution in [0.25, 0.3) is 21.9 Å². The molecule has 3 heterocycles. The maximum absolute atomic E-state index is 14.9. The Bertz CT molecular complexity index is 1130. The highest BCUT2D eigenvalue weighted by Crippen LogP contribution is 2.40. The molecule has 30 heavy (non-hydrogen) atoms. The number of halogens is 3. The average Bonchev–Trinajstić information content (AvgIpc) is 3.09. The first kappa shape index (κ1) is 20.5. The zero-order valence-electron chi connectivity index (χ0n) is 16.2. The molecule has 2 N–H and O–H groups in total. The van der Waals surface area contributed by atoms with E-state index < -0.39 is 18.6 Å². The van der Waals surface area contributed by atoms with Crippen molar-refractivity contribution in [3.63, 3.8) is 0 Å². The van der Waals surface area contributed by atoms with Crippen LogP contribution in [0, 0.1) is 5.41 Å². The molecular weight excluding hydrogens is 416 g/mol. The van der Waals surface area contributed by atoms with Crippen LogP contribution in [-0.2, 0) is 16.0 Å². The Hall–Kier alpha value is -2.78. The van der Waals surface area contributed by atoms with Crippen LogP contribution in [0.15, 0.2) is 36.4 Å². The Kier molecular flexibility index (Phi) is 5.57. The van der Waals surface area contributed by atoms with Gasteiger partial charge in [-0.15, -0.1) is 0 Å². The summed E-state index contributed by atoms with van der Waals surface area (Å²) in [6, 6.07) is 4.07. The van der Waals surface area contributed by atoms with Gasteiger partial charge < -0.3 is 24.8 Å². The number of fused-ring (bicyclic) bond motifs is 3. The average molecular weight is 436 g/mol. The first-order chi connectivity index (χ1) is 14.4. The number of allylic oxidation sites excluding steroid dienone is 1. The molecule has 0 saturated carbocycles. The van der Waals surface area contributed by atoms with Gasteiger partial charge in [0, 0.05) is 23.2 Å². The van der Waals surface area contributed by atoms with E-state index in [0.717, 1.165) is 6.21 Å². The molecule has 1 unspecified atom stereocenters. The number of nitrogens with zero attached hydrogens (tertiary/aromatic N) is 3. The second-order valence-corrected chi connectivity index (χ2v) is 7.38. The first-order valence-electron chi connectivity index (χ1n) is 9.33. The standard InChI is InChI=1S/C20H20ClF2N5O2/c1-29-13(7-24)8-25-10-18-27-16-9-26-15-3-2-12(21)6-14(15)19(16)28(18)17-4-5-30-11-20(17,22)23/h2-3,6-9,17,24-25H,4-5,10-11H2,1H3/b13-8+,24-7?. The topological polar surface area (TPSA) is 85.0 Å². The van der Waals surface area contributed by atoms with Gasteiger partial charge in [0.1, 0.15) is 24.0 Å². The molecule has 1 fully saturated rings. The van der Waals surface area contributed by atoms with Crippen LogP contribution in [0.1, 0.15) is 18.3 Å². The van der Waals surface area contributed by atoms with Crippen LogP contribution in [-0.4, -0.2) is 47.0 Å². The SMILES string of the molecule is CO/C(C=N)=C/NCc1nc2cnc3ccc(Cl)cc3c2n1C1CCOCC1(F)F. The van der Waals surface area contributed by atoms with Gasteiger partial charge in [0.2, 0.25) is 0 Å². The van der Waals surface area contributed by atoms with Gasteiger partial charge in [-0.05, 0) is 24.6 Å². The van der Waals surface area contributed by atoms with Crippen LogP contribution >= 0.6 is 11.6 Å². The highest BCUT2D eigenvalue weighted by Gasteiger charge is 2.45. The van der Waals surface area contributed by atoms with E-state index in [1.54, 1.807) is 29.0 Å². The number of imidazole rings is 1. The quantitative estimate of drug-likeness (QED) is 0.450. The van der Waals surface area contributed by atoms with Crippen molar-refractivity contribution in [1.82, 2.24) is 19.9 Å². The molecule has 158 valence electrons. The van der Waals surface area contributed by atoms with E-state index in [2.05, 4.69) is 15.3 Å². The number of hydrogen-bond donors (Lipinski definition) is 2. The minimum atomic E-state index is -3.06. The van der Waals surface area contributed by atoms with Crippen molar-refractivity contribution < 1.29 is 18.3 Å². The van der Waals surface area contributed by atoms with E-state index in [9.17, 15) is 8.78 Å². The van der Waals surface area contributed by atoms with Gasteiger partial charge in [0.05, 0.1) is 37.1 Å². The van der Waals surface area contributed by atoms with Gasteiger partial charge in [-0.1, -0.05) is 11.6 Å². The third-order valence-corrected chi connectivity index (χ3v) is 5.30. The maximum atomic E-state index is 14.9. The monoisotopic (exact) mass is 435 g/mol. The van der Waals surface area contributed by atoms with E-state index in [4.69, 9.17) is 26.5 Å². The number of nitrogens with one attached hydrogen (secondary N) is 2. The molecule has 1 saturated heterocycles. The summed E-state index contributed by atoms with van der Waals surface area (Å²) in [6.07, 6.45) is 4.26. The second kappa shape index (κ2) is 8.16. The molecule has 0 radical (unpaired) electrons. The van der Waals surface area contributed by atoms with E-state index in [0.29, 0.717) is 38.5 Å². The lowest BCUT2D eigenvalue weighted by atomic mass is 10.0. The van der Waals surface area contributed by atoms with Gasteiger partial charge >= 0.3 is 0 Å². The third-order valence-electron chi connectivity index (χ3n) is 5.06. The Morgan fingerprint density at radius 1 is 1.47 bits per heavy atom. The molecule has 0 bridgehead atoms. The molecule has 1 aliphatic rings. The van der Waals surface area contributed by atoms with E-state index >= 15 is 0 Å². The fraction of sp³-hybridized carbons (Fsp3) is 0.350. The summed E-state index contributed by atoms with van der Waals surface area (Å²) in [4.78, 5) is 8.97. The molecule has 2 aromatic heterocycles. The van der Waals surface area contributed by atoms with Crippen molar-refractivity contribution in [2.45, 2.75) is 24.9 Å². The highest BCUT2D eigenvalue weighted by molar-refractivity contribution is 6.31. The lowest BCUT2D eigenvalue weighted by Gasteiger charge is -2.33. The number of alkyl halides is 2. The molecular formula is C20H20ClF2N5O2. The molecule has 1 atom stereocenters.